The Kier molecular flexibility index (Phi) is 5.22. The van der Waals surface area contributed by atoms with Crippen LogP contribution in [0.1, 0.15) is 28.5 Å². The van der Waals surface area contributed by atoms with E-state index in [1.807, 2.05) is 88.2 Å². The summed E-state index contributed by atoms with van der Waals surface area (Å²) in [5.74, 6) is 0.269. The van der Waals surface area contributed by atoms with Crippen molar-refractivity contribution in [1.82, 2.24) is 23.9 Å². The molecule has 0 aliphatic carbocycles. The second kappa shape index (κ2) is 8.50. The maximum atomic E-state index is 10.3. The number of para-hydroxylation sites is 2. The minimum Gasteiger partial charge on any atom is -0.435 e. The molecule has 0 amide bonds. The molecular weight excluding hydrogens is 472 g/mol. The number of hydrogen-bond acceptors (Lipinski definition) is 6. The molecule has 0 bridgehead atoms. The molecule has 0 N–H and O–H groups in total. The second-order valence-electron chi connectivity index (χ2n) is 9.44. The minimum absolute atomic E-state index is 0.269. The van der Waals surface area contributed by atoms with Gasteiger partial charge in [-0.05, 0) is 50.6 Å². The van der Waals surface area contributed by atoms with Gasteiger partial charge in [-0.15, -0.1) is 0 Å². The van der Waals surface area contributed by atoms with Gasteiger partial charge in [0.2, 0.25) is 21.9 Å². The highest BCUT2D eigenvalue weighted by Crippen LogP contribution is 2.24. The Balaban J connectivity index is 1.75. The van der Waals surface area contributed by atoms with Gasteiger partial charge in [0.05, 0.1) is 27.9 Å². The molecule has 0 atom stereocenters. The van der Waals surface area contributed by atoms with Gasteiger partial charge in [-0.2, -0.15) is 10.5 Å². The summed E-state index contributed by atoms with van der Waals surface area (Å²) < 4.78 is 9.99. The van der Waals surface area contributed by atoms with Crippen molar-refractivity contribution in [3.63, 3.8) is 0 Å². The van der Waals surface area contributed by atoms with Gasteiger partial charge in [0.1, 0.15) is 34.5 Å². The monoisotopic (exact) mass is 493 g/mol. The van der Waals surface area contributed by atoms with E-state index in [1.54, 1.807) is 6.20 Å². The highest BCUT2D eigenvalue weighted by Gasteiger charge is 2.23. The summed E-state index contributed by atoms with van der Waals surface area (Å²) in [5.41, 5.74) is 6.95. The molecule has 0 fully saturated rings. The predicted octanol–water partition coefficient (Wildman–Crippen LogP) is 1.69. The number of oxazole rings is 1. The van der Waals surface area contributed by atoms with Crippen molar-refractivity contribution in [2.45, 2.75) is 20.8 Å². The second-order valence-corrected chi connectivity index (χ2v) is 9.44. The van der Waals surface area contributed by atoms with Crippen LogP contribution in [0.25, 0.3) is 44.1 Å². The molecule has 0 aliphatic rings. The van der Waals surface area contributed by atoms with Crippen molar-refractivity contribution in [1.29, 1.82) is 10.5 Å². The molecule has 6 aromatic rings. The van der Waals surface area contributed by atoms with Crippen molar-refractivity contribution in [3.05, 3.63) is 87.9 Å². The quantitative estimate of drug-likeness (QED) is 0.340. The third-order valence-corrected chi connectivity index (χ3v) is 7.28. The van der Waals surface area contributed by atoms with E-state index in [0.29, 0.717) is 33.3 Å². The van der Waals surface area contributed by atoms with Gasteiger partial charge < -0.3 is 13.4 Å². The van der Waals surface area contributed by atoms with Gasteiger partial charge in [-0.3, -0.25) is 4.98 Å². The molecular formula is C28H21B2N7O. The molecule has 0 radical (unpaired) electrons. The molecule has 4 aromatic heterocycles. The third kappa shape index (κ3) is 3.28. The van der Waals surface area contributed by atoms with E-state index in [-0.39, 0.29) is 5.89 Å². The highest BCUT2D eigenvalue weighted by molar-refractivity contribution is 6.14. The molecule has 0 saturated carbocycles. The summed E-state index contributed by atoms with van der Waals surface area (Å²) in [7, 11) is 3.84. The summed E-state index contributed by atoms with van der Waals surface area (Å²) in [6, 6.07) is 18.1. The van der Waals surface area contributed by atoms with Crippen LogP contribution in [-0.2, 0) is 0 Å². The molecule has 0 aliphatic heterocycles. The Morgan fingerprint density at radius 1 is 0.816 bits per heavy atom. The zero-order chi connectivity index (χ0) is 26.7. The van der Waals surface area contributed by atoms with E-state index in [2.05, 4.69) is 22.1 Å². The largest absolute Gasteiger partial charge is 0.435 e. The average Bonchev–Trinajstić information content (AvgIpc) is 3.53. The van der Waals surface area contributed by atoms with Crippen LogP contribution in [0.4, 0.5) is 0 Å². The average molecular weight is 493 g/mol. The Morgan fingerprint density at radius 2 is 1.45 bits per heavy atom. The lowest BCUT2D eigenvalue weighted by Gasteiger charge is -2.06. The number of nitriles is 2. The van der Waals surface area contributed by atoms with Crippen LogP contribution < -0.4 is 10.7 Å². The topological polar surface area (TPSA) is 109 Å². The fourth-order valence-corrected chi connectivity index (χ4v) is 5.19. The lowest BCUT2D eigenvalue weighted by atomic mass is 10.1. The van der Waals surface area contributed by atoms with Crippen LogP contribution in [0.5, 0.6) is 0 Å². The van der Waals surface area contributed by atoms with E-state index in [9.17, 15) is 10.5 Å². The normalized spacial score (nSPS) is 13.1. The lowest BCUT2D eigenvalue weighted by molar-refractivity contribution is 0.585. The van der Waals surface area contributed by atoms with Gasteiger partial charge in [-0.25, -0.2) is 9.97 Å². The van der Waals surface area contributed by atoms with Crippen molar-refractivity contribution in [2.24, 2.45) is 0 Å². The lowest BCUT2D eigenvalue weighted by Crippen LogP contribution is -2.23. The Hall–Kier alpha value is -5.08. The molecule has 2 aromatic carbocycles. The number of aromatic nitrogens is 5. The number of rotatable bonds is 2. The number of benzene rings is 2. The maximum absolute atomic E-state index is 10.3. The molecule has 0 saturated heterocycles. The molecule has 38 heavy (non-hydrogen) atoms. The summed E-state index contributed by atoms with van der Waals surface area (Å²) >= 11 is 0. The van der Waals surface area contributed by atoms with Crippen molar-refractivity contribution in [2.75, 3.05) is 0 Å². The number of hydrogen-bond donors (Lipinski definition) is 0. The first-order valence-corrected chi connectivity index (χ1v) is 12.1. The van der Waals surface area contributed by atoms with Crippen molar-refractivity contribution in [3.8, 4) is 12.1 Å². The third-order valence-electron chi connectivity index (χ3n) is 7.28. The van der Waals surface area contributed by atoms with E-state index in [1.165, 1.54) is 0 Å². The maximum Gasteiger partial charge on any atom is 0.240 e. The fourth-order valence-electron chi connectivity index (χ4n) is 5.19. The standard InChI is InChI=1S/C28H21B2N7O/c1-14-8-9-23-21(10-14)35-28(38-23)18(12-32)27-25-16(3)36(29)26(24(25)15(2)37(27)30)17(11-31)22-13-33-19-6-4-5-7-20(19)34-22/h4-10,13H,29-30H2,1-3H3/b26-17-,27-18-. The molecule has 0 spiro atoms. The number of aryl methyl sites for hydroxylation is 3. The van der Waals surface area contributed by atoms with Crippen LogP contribution in [0.15, 0.2) is 53.1 Å². The fraction of sp³-hybridized carbons (Fsp3) is 0.107. The zero-order valence-corrected chi connectivity index (χ0v) is 21.7. The summed E-state index contributed by atoms with van der Waals surface area (Å²) in [6.45, 7) is 5.96. The molecule has 6 rings (SSSR count). The van der Waals surface area contributed by atoms with Gasteiger partial charge in [0, 0.05) is 22.2 Å². The Labute approximate surface area is 219 Å². The van der Waals surface area contributed by atoms with Crippen molar-refractivity contribution < 1.29 is 4.42 Å². The van der Waals surface area contributed by atoms with Gasteiger partial charge >= 0.3 is 0 Å². The molecule has 8 nitrogen and oxygen atoms in total. The first kappa shape index (κ1) is 23.3. The molecule has 180 valence electrons. The van der Waals surface area contributed by atoms with Crippen LogP contribution in [0.3, 0.4) is 0 Å². The van der Waals surface area contributed by atoms with E-state index in [4.69, 9.17) is 9.40 Å². The van der Waals surface area contributed by atoms with Crippen molar-refractivity contribution >= 4 is 60.0 Å². The van der Waals surface area contributed by atoms with Gasteiger partial charge in [0.15, 0.2) is 5.58 Å². The SMILES string of the molecule is Bn1c(C)c2/c(=C(\C#N)c3cnc4ccccc4n3)n(B)c(C)c2/c1=C(\C#N)c1nc2cc(C)ccc2o1. The Morgan fingerprint density at radius 3 is 2.11 bits per heavy atom. The number of fused-ring (bicyclic) bond motifs is 3. The Bertz CT molecular complexity index is 2170. The first-order valence-electron chi connectivity index (χ1n) is 12.1. The van der Waals surface area contributed by atoms with E-state index >= 15 is 0 Å². The molecule has 4 heterocycles. The summed E-state index contributed by atoms with van der Waals surface area (Å²) in [4.78, 5) is 13.9. The molecule has 10 heteroatoms. The van der Waals surface area contributed by atoms with Crippen LogP contribution in [-0.4, -0.2) is 39.9 Å². The van der Waals surface area contributed by atoms with Crippen LogP contribution in [0.2, 0.25) is 0 Å². The van der Waals surface area contributed by atoms with Crippen LogP contribution >= 0.6 is 0 Å². The minimum atomic E-state index is 0.269. The van der Waals surface area contributed by atoms with Crippen LogP contribution in [0, 0.1) is 43.4 Å². The summed E-state index contributed by atoms with van der Waals surface area (Å²) in [5, 5.41) is 23.9. The smallest absolute Gasteiger partial charge is 0.240 e. The molecule has 0 unspecified atom stereocenters. The highest BCUT2D eigenvalue weighted by atomic mass is 16.3. The van der Waals surface area contributed by atoms with E-state index < -0.39 is 0 Å². The van der Waals surface area contributed by atoms with Gasteiger partial charge in [0.25, 0.3) is 0 Å². The number of nitrogens with zero attached hydrogens (tertiary/aromatic N) is 7. The predicted molar refractivity (Wildman–Crippen MR) is 151 cm³/mol. The van der Waals surface area contributed by atoms with Gasteiger partial charge in [-0.1, -0.05) is 18.2 Å². The van der Waals surface area contributed by atoms with E-state index in [0.717, 1.165) is 44.1 Å². The summed E-state index contributed by atoms with van der Waals surface area (Å²) in [6.07, 6.45) is 1.64. The zero-order valence-electron chi connectivity index (χ0n) is 21.7. The first-order chi connectivity index (χ1) is 18.3.